The van der Waals surface area contributed by atoms with E-state index in [4.69, 9.17) is 12.2 Å². The molecule has 0 bridgehead atoms. The fraction of sp³-hybridized carbons (Fsp3) is 0.467. The van der Waals surface area contributed by atoms with E-state index in [1.807, 2.05) is 12.1 Å². The van der Waals surface area contributed by atoms with Gasteiger partial charge in [0.1, 0.15) is 0 Å². The summed E-state index contributed by atoms with van der Waals surface area (Å²) < 4.78 is 22.7. The molecule has 1 unspecified atom stereocenters. The normalized spacial score (nSPS) is 20.4. The van der Waals surface area contributed by atoms with Gasteiger partial charge in [0.15, 0.2) is 14.9 Å². The van der Waals surface area contributed by atoms with E-state index in [1.54, 1.807) is 6.21 Å². The summed E-state index contributed by atoms with van der Waals surface area (Å²) in [6.45, 7) is 4.30. The second kappa shape index (κ2) is 7.19. The molecule has 0 saturated carbocycles. The van der Waals surface area contributed by atoms with Gasteiger partial charge in [-0.15, -0.1) is 0 Å². The highest BCUT2D eigenvalue weighted by Crippen LogP contribution is 2.14. The minimum Gasteiger partial charge on any atom is -0.358 e. The summed E-state index contributed by atoms with van der Waals surface area (Å²) in [5.41, 5.74) is 4.98. The largest absolute Gasteiger partial charge is 0.358 e. The van der Waals surface area contributed by atoms with Crippen molar-refractivity contribution in [2.75, 3.05) is 11.5 Å². The molecule has 5 nitrogen and oxygen atoms in total. The number of hydrogen-bond donors (Lipinski definition) is 2. The van der Waals surface area contributed by atoms with E-state index in [1.165, 1.54) is 5.56 Å². The summed E-state index contributed by atoms with van der Waals surface area (Å²) in [4.78, 5) is 0. The van der Waals surface area contributed by atoms with Crippen molar-refractivity contribution in [1.82, 2.24) is 10.7 Å². The van der Waals surface area contributed by atoms with Crippen molar-refractivity contribution in [1.29, 1.82) is 0 Å². The van der Waals surface area contributed by atoms with Crippen LogP contribution in [0.5, 0.6) is 0 Å². The number of nitrogens with zero attached hydrogens (tertiary/aromatic N) is 1. The van der Waals surface area contributed by atoms with Gasteiger partial charge < -0.3 is 5.32 Å². The number of hydrogen-bond acceptors (Lipinski definition) is 4. The fourth-order valence-corrected chi connectivity index (χ4v) is 4.15. The Kier molecular flexibility index (Phi) is 5.52. The summed E-state index contributed by atoms with van der Waals surface area (Å²) in [6.07, 6.45) is 2.27. The number of hydrazone groups is 1. The second-order valence-corrected chi connectivity index (χ2v) is 8.40. The summed E-state index contributed by atoms with van der Waals surface area (Å²) >= 11 is 5.11. The third-order valence-electron chi connectivity index (χ3n) is 3.55. The molecule has 120 valence electrons. The van der Waals surface area contributed by atoms with Gasteiger partial charge in [0.2, 0.25) is 0 Å². The molecule has 1 aromatic rings. The number of rotatable bonds is 4. The molecule has 2 rings (SSSR count). The molecular weight excluding hydrogens is 318 g/mol. The molecule has 1 atom stereocenters. The first kappa shape index (κ1) is 16.9. The molecule has 1 aliphatic heterocycles. The third-order valence-corrected chi connectivity index (χ3v) is 5.53. The van der Waals surface area contributed by atoms with Gasteiger partial charge in [-0.05, 0) is 35.7 Å². The van der Waals surface area contributed by atoms with Crippen LogP contribution < -0.4 is 10.7 Å². The number of benzene rings is 1. The van der Waals surface area contributed by atoms with E-state index < -0.39 is 9.84 Å². The van der Waals surface area contributed by atoms with E-state index in [0.29, 0.717) is 17.5 Å². The SMILES string of the molecule is CC(C)c1ccc(C=NNC(=S)NC2CCS(=O)(=O)C2)cc1. The van der Waals surface area contributed by atoms with E-state index >= 15 is 0 Å². The standard InChI is InChI=1S/C15H21N3O2S2/c1-11(2)13-5-3-12(4-6-13)9-16-18-15(21)17-14-7-8-22(19,20)10-14/h3-6,9,11,14H,7-8,10H2,1-2H3,(H2,17,18,21). The van der Waals surface area contributed by atoms with Gasteiger partial charge in [-0.2, -0.15) is 5.10 Å². The van der Waals surface area contributed by atoms with E-state index in [9.17, 15) is 8.42 Å². The lowest BCUT2D eigenvalue weighted by Gasteiger charge is -2.12. The summed E-state index contributed by atoms with van der Waals surface area (Å²) in [5, 5.41) is 7.38. The Hall–Kier alpha value is -1.47. The van der Waals surface area contributed by atoms with Crippen LogP contribution in [0.25, 0.3) is 0 Å². The Morgan fingerprint density at radius 2 is 2.05 bits per heavy atom. The van der Waals surface area contributed by atoms with Crippen LogP contribution in [0.2, 0.25) is 0 Å². The minimum atomic E-state index is -2.90. The summed E-state index contributed by atoms with van der Waals surface area (Å²) in [6, 6.07) is 8.03. The second-order valence-electron chi connectivity index (χ2n) is 5.76. The molecule has 0 aromatic heterocycles. The number of sulfone groups is 1. The van der Waals surface area contributed by atoms with Gasteiger partial charge >= 0.3 is 0 Å². The van der Waals surface area contributed by atoms with Crippen LogP contribution in [-0.4, -0.2) is 37.3 Å². The maximum absolute atomic E-state index is 11.4. The molecule has 1 aromatic carbocycles. The lowest BCUT2D eigenvalue weighted by Crippen LogP contribution is -2.40. The molecule has 1 heterocycles. The first-order valence-corrected chi connectivity index (χ1v) is 9.48. The van der Waals surface area contributed by atoms with Gasteiger partial charge in [0.25, 0.3) is 0 Å². The Balaban J connectivity index is 1.80. The average molecular weight is 339 g/mol. The van der Waals surface area contributed by atoms with E-state index in [0.717, 1.165) is 5.56 Å². The minimum absolute atomic E-state index is 0.120. The van der Waals surface area contributed by atoms with Crippen LogP contribution in [0.4, 0.5) is 0 Å². The lowest BCUT2D eigenvalue weighted by atomic mass is 10.0. The summed E-state index contributed by atoms with van der Waals surface area (Å²) in [7, 11) is -2.90. The Bertz CT molecular complexity index is 652. The van der Waals surface area contributed by atoms with E-state index in [-0.39, 0.29) is 17.5 Å². The van der Waals surface area contributed by atoms with Crippen molar-refractivity contribution in [2.45, 2.75) is 32.2 Å². The molecular formula is C15H21N3O2S2. The maximum atomic E-state index is 11.4. The highest BCUT2D eigenvalue weighted by Gasteiger charge is 2.28. The Morgan fingerprint density at radius 3 is 2.59 bits per heavy atom. The predicted molar refractivity (Wildman–Crippen MR) is 94.1 cm³/mol. The molecule has 0 aliphatic carbocycles. The predicted octanol–water partition coefficient (Wildman–Crippen LogP) is 1.80. The van der Waals surface area contributed by atoms with Gasteiger partial charge in [0.05, 0.1) is 17.7 Å². The monoisotopic (exact) mass is 339 g/mol. The Labute approximate surface area is 137 Å². The molecule has 0 radical (unpaired) electrons. The highest BCUT2D eigenvalue weighted by molar-refractivity contribution is 7.91. The van der Waals surface area contributed by atoms with Crippen molar-refractivity contribution in [3.05, 3.63) is 35.4 Å². The maximum Gasteiger partial charge on any atom is 0.187 e. The van der Waals surface area contributed by atoms with Crippen molar-refractivity contribution >= 4 is 33.4 Å². The number of thiocarbonyl (C=S) groups is 1. The quantitative estimate of drug-likeness (QED) is 0.497. The zero-order chi connectivity index (χ0) is 16.2. The highest BCUT2D eigenvalue weighted by atomic mass is 32.2. The molecule has 22 heavy (non-hydrogen) atoms. The van der Waals surface area contributed by atoms with Gasteiger partial charge in [-0.3, -0.25) is 5.43 Å². The first-order valence-electron chi connectivity index (χ1n) is 7.26. The molecule has 0 amide bonds. The first-order chi connectivity index (χ1) is 10.4. The van der Waals surface area contributed by atoms with Crippen LogP contribution >= 0.6 is 12.2 Å². The van der Waals surface area contributed by atoms with Crippen LogP contribution in [0, 0.1) is 0 Å². The van der Waals surface area contributed by atoms with E-state index in [2.05, 4.69) is 41.8 Å². The third kappa shape index (κ3) is 5.06. The smallest absolute Gasteiger partial charge is 0.187 e. The zero-order valence-electron chi connectivity index (χ0n) is 12.7. The molecule has 0 spiro atoms. The summed E-state index contributed by atoms with van der Waals surface area (Å²) in [5.74, 6) is 0.858. The fourth-order valence-electron chi connectivity index (χ4n) is 2.26. The lowest BCUT2D eigenvalue weighted by molar-refractivity contribution is 0.600. The average Bonchev–Trinajstić information content (AvgIpc) is 2.78. The van der Waals surface area contributed by atoms with Gasteiger partial charge in [-0.1, -0.05) is 38.1 Å². The van der Waals surface area contributed by atoms with Crippen molar-refractivity contribution in [2.24, 2.45) is 5.10 Å². The van der Waals surface area contributed by atoms with Gasteiger partial charge in [-0.25, -0.2) is 8.42 Å². The van der Waals surface area contributed by atoms with Crippen LogP contribution in [0.1, 0.15) is 37.3 Å². The van der Waals surface area contributed by atoms with Crippen molar-refractivity contribution in [3.63, 3.8) is 0 Å². The van der Waals surface area contributed by atoms with Crippen LogP contribution in [-0.2, 0) is 9.84 Å². The van der Waals surface area contributed by atoms with Crippen LogP contribution in [0.3, 0.4) is 0 Å². The number of nitrogens with one attached hydrogen (secondary N) is 2. The topological polar surface area (TPSA) is 70.6 Å². The molecule has 1 aliphatic rings. The van der Waals surface area contributed by atoms with Crippen molar-refractivity contribution < 1.29 is 8.42 Å². The molecule has 1 saturated heterocycles. The van der Waals surface area contributed by atoms with Gasteiger partial charge in [0, 0.05) is 6.04 Å². The molecule has 7 heteroatoms. The molecule has 1 fully saturated rings. The van der Waals surface area contributed by atoms with Crippen LogP contribution in [0.15, 0.2) is 29.4 Å². The van der Waals surface area contributed by atoms with Crippen molar-refractivity contribution in [3.8, 4) is 0 Å². The zero-order valence-corrected chi connectivity index (χ0v) is 14.4. The molecule has 2 N–H and O–H groups in total. The Morgan fingerprint density at radius 1 is 1.36 bits per heavy atom.